The molecule has 0 bridgehead atoms. The van der Waals surface area contributed by atoms with Crippen LogP contribution in [-0.4, -0.2) is 48.9 Å². The van der Waals surface area contributed by atoms with Gasteiger partial charge < -0.3 is 10.6 Å². The summed E-state index contributed by atoms with van der Waals surface area (Å²) in [4.78, 5) is 13.7. The normalized spacial score (nSPS) is 26.3. The SMILES string of the molecule is CC(N)C(C)C(=O)N1CCS(=O)(=O)C(C)(C)C1. The van der Waals surface area contributed by atoms with Crippen LogP contribution in [0.1, 0.15) is 27.7 Å². The van der Waals surface area contributed by atoms with E-state index >= 15 is 0 Å². The number of carbonyl (C=O) groups is 1. The van der Waals surface area contributed by atoms with Gasteiger partial charge in [0.15, 0.2) is 9.84 Å². The molecule has 17 heavy (non-hydrogen) atoms. The Morgan fingerprint density at radius 3 is 2.29 bits per heavy atom. The van der Waals surface area contributed by atoms with Gasteiger partial charge >= 0.3 is 0 Å². The molecule has 0 aromatic heterocycles. The molecule has 100 valence electrons. The maximum absolute atomic E-state index is 12.1. The summed E-state index contributed by atoms with van der Waals surface area (Å²) in [7, 11) is -3.10. The predicted molar refractivity (Wildman–Crippen MR) is 67.3 cm³/mol. The van der Waals surface area contributed by atoms with E-state index in [-0.39, 0.29) is 36.7 Å². The first-order valence-corrected chi connectivity index (χ1v) is 7.50. The van der Waals surface area contributed by atoms with E-state index in [4.69, 9.17) is 5.73 Å². The molecule has 1 rings (SSSR count). The van der Waals surface area contributed by atoms with Crippen LogP contribution in [0.5, 0.6) is 0 Å². The minimum Gasteiger partial charge on any atom is -0.340 e. The number of nitrogens with zero attached hydrogens (tertiary/aromatic N) is 1. The highest BCUT2D eigenvalue weighted by atomic mass is 32.2. The highest BCUT2D eigenvalue weighted by Gasteiger charge is 2.42. The number of carbonyl (C=O) groups excluding carboxylic acids is 1. The minimum atomic E-state index is -3.10. The summed E-state index contributed by atoms with van der Waals surface area (Å²) in [6.07, 6.45) is 0. The fourth-order valence-electron chi connectivity index (χ4n) is 1.84. The number of nitrogens with two attached hydrogens (primary N) is 1. The zero-order chi connectivity index (χ0) is 13.4. The average Bonchev–Trinajstić information content (AvgIpc) is 2.20. The Labute approximate surface area is 103 Å². The molecule has 5 nitrogen and oxygen atoms in total. The van der Waals surface area contributed by atoms with E-state index in [9.17, 15) is 13.2 Å². The summed E-state index contributed by atoms with van der Waals surface area (Å²) in [5.74, 6) is -0.285. The average molecular weight is 262 g/mol. The third-order valence-electron chi connectivity index (χ3n) is 3.53. The zero-order valence-electron chi connectivity index (χ0n) is 10.9. The van der Waals surface area contributed by atoms with Gasteiger partial charge in [-0.05, 0) is 20.8 Å². The van der Waals surface area contributed by atoms with Crippen LogP contribution in [0.4, 0.5) is 0 Å². The number of amides is 1. The monoisotopic (exact) mass is 262 g/mol. The second kappa shape index (κ2) is 4.57. The minimum absolute atomic E-state index is 0.0391. The van der Waals surface area contributed by atoms with Gasteiger partial charge in [-0.25, -0.2) is 8.42 Å². The number of sulfone groups is 1. The summed E-state index contributed by atoms with van der Waals surface area (Å²) in [6, 6.07) is -0.218. The summed E-state index contributed by atoms with van der Waals surface area (Å²) in [5, 5.41) is 0. The molecule has 0 saturated carbocycles. The summed E-state index contributed by atoms with van der Waals surface area (Å²) in [6.45, 7) is 7.43. The molecular formula is C11H22N2O3S. The molecule has 1 aliphatic rings. The van der Waals surface area contributed by atoms with Gasteiger partial charge in [-0.3, -0.25) is 4.79 Å². The lowest BCUT2D eigenvalue weighted by atomic mass is 10.0. The highest BCUT2D eigenvalue weighted by Crippen LogP contribution is 2.24. The molecular weight excluding hydrogens is 240 g/mol. The first-order valence-electron chi connectivity index (χ1n) is 5.85. The number of hydrogen-bond acceptors (Lipinski definition) is 4. The van der Waals surface area contributed by atoms with Gasteiger partial charge in [0, 0.05) is 19.1 Å². The molecule has 0 aromatic carbocycles. The fourth-order valence-corrected chi connectivity index (χ4v) is 3.21. The third-order valence-corrected chi connectivity index (χ3v) is 6.07. The molecule has 2 N–H and O–H groups in total. The van der Waals surface area contributed by atoms with Crippen LogP contribution in [0, 0.1) is 5.92 Å². The van der Waals surface area contributed by atoms with E-state index in [2.05, 4.69) is 0 Å². The largest absolute Gasteiger partial charge is 0.340 e. The first-order chi connectivity index (χ1) is 7.58. The Balaban J connectivity index is 2.82. The topological polar surface area (TPSA) is 80.5 Å². The van der Waals surface area contributed by atoms with Gasteiger partial charge in [0.05, 0.1) is 16.4 Å². The molecule has 1 heterocycles. The van der Waals surface area contributed by atoms with E-state index < -0.39 is 14.6 Å². The van der Waals surface area contributed by atoms with Gasteiger partial charge in [0.25, 0.3) is 0 Å². The lowest BCUT2D eigenvalue weighted by Crippen LogP contribution is -2.56. The summed E-state index contributed by atoms with van der Waals surface area (Å²) >= 11 is 0. The van der Waals surface area contributed by atoms with Gasteiger partial charge in [-0.15, -0.1) is 0 Å². The van der Waals surface area contributed by atoms with Crippen molar-refractivity contribution in [1.29, 1.82) is 0 Å². The molecule has 1 aliphatic heterocycles. The maximum atomic E-state index is 12.1. The Hall–Kier alpha value is -0.620. The molecule has 2 unspecified atom stereocenters. The predicted octanol–water partition coefficient (Wildman–Crippen LogP) is 0.00530. The van der Waals surface area contributed by atoms with E-state index in [1.54, 1.807) is 32.6 Å². The van der Waals surface area contributed by atoms with Crippen molar-refractivity contribution in [2.24, 2.45) is 11.7 Å². The van der Waals surface area contributed by atoms with E-state index in [1.165, 1.54) is 0 Å². The highest BCUT2D eigenvalue weighted by molar-refractivity contribution is 7.92. The Morgan fingerprint density at radius 2 is 1.88 bits per heavy atom. The van der Waals surface area contributed by atoms with E-state index in [1.807, 2.05) is 0 Å². The Kier molecular flexibility index (Phi) is 3.88. The van der Waals surface area contributed by atoms with Crippen molar-refractivity contribution < 1.29 is 13.2 Å². The van der Waals surface area contributed by atoms with E-state index in [0.29, 0.717) is 0 Å². The van der Waals surface area contributed by atoms with E-state index in [0.717, 1.165) is 0 Å². The molecule has 1 amide bonds. The van der Waals surface area contributed by atoms with Crippen molar-refractivity contribution in [3.8, 4) is 0 Å². The Morgan fingerprint density at radius 1 is 1.35 bits per heavy atom. The van der Waals surface area contributed by atoms with Crippen molar-refractivity contribution in [3.05, 3.63) is 0 Å². The molecule has 1 saturated heterocycles. The third kappa shape index (κ3) is 2.80. The molecule has 1 fully saturated rings. The molecule has 0 radical (unpaired) electrons. The van der Waals surface area contributed by atoms with Crippen molar-refractivity contribution in [2.75, 3.05) is 18.8 Å². The summed E-state index contributed by atoms with van der Waals surface area (Å²) in [5.41, 5.74) is 5.70. The molecule has 0 spiro atoms. The lowest BCUT2D eigenvalue weighted by Gasteiger charge is -2.39. The van der Waals surface area contributed by atoms with Gasteiger partial charge in [-0.1, -0.05) is 6.92 Å². The van der Waals surface area contributed by atoms with Crippen LogP contribution in [-0.2, 0) is 14.6 Å². The molecule has 6 heteroatoms. The molecule has 0 aliphatic carbocycles. The van der Waals surface area contributed by atoms with Crippen LogP contribution in [0.2, 0.25) is 0 Å². The van der Waals surface area contributed by atoms with Crippen LogP contribution in [0.3, 0.4) is 0 Å². The molecule has 2 atom stereocenters. The van der Waals surface area contributed by atoms with Crippen LogP contribution in [0.15, 0.2) is 0 Å². The van der Waals surface area contributed by atoms with Crippen molar-refractivity contribution in [1.82, 2.24) is 4.90 Å². The second-order valence-corrected chi connectivity index (χ2v) is 8.23. The quantitative estimate of drug-likeness (QED) is 0.760. The number of rotatable bonds is 2. The standard InChI is InChI=1S/C11H22N2O3S/c1-8(9(2)12)10(14)13-5-6-17(15,16)11(3,4)7-13/h8-9H,5-7,12H2,1-4H3. The summed E-state index contributed by atoms with van der Waals surface area (Å²) < 4.78 is 22.8. The Bertz CT molecular complexity index is 401. The second-order valence-electron chi connectivity index (χ2n) is 5.49. The van der Waals surface area contributed by atoms with Crippen LogP contribution >= 0.6 is 0 Å². The smallest absolute Gasteiger partial charge is 0.227 e. The van der Waals surface area contributed by atoms with Gasteiger partial charge in [0.2, 0.25) is 5.91 Å². The van der Waals surface area contributed by atoms with Gasteiger partial charge in [0.1, 0.15) is 0 Å². The lowest BCUT2D eigenvalue weighted by molar-refractivity contribution is -0.135. The number of hydrogen-bond donors (Lipinski definition) is 1. The van der Waals surface area contributed by atoms with Crippen molar-refractivity contribution in [2.45, 2.75) is 38.5 Å². The molecule has 0 aromatic rings. The van der Waals surface area contributed by atoms with Crippen molar-refractivity contribution >= 4 is 15.7 Å². The van der Waals surface area contributed by atoms with Crippen LogP contribution in [0.25, 0.3) is 0 Å². The fraction of sp³-hybridized carbons (Fsp3) is 0.909. The van der Waals surface area contributed by atoms with Crippen molar-refractivity contribution in [3.63, 3.8) is 0 Å². The van der Waals surface area contributed by atoms with Gasteiger partial charge in [-0.2, -0.15) is 0 Å². The zero-order valence-corrected chi connectivity index (χ0v) is 11.8. The first kappa shape index (κ1) is 14.4. The van der Waals surface area contributed by atoms with Crippen LogP contribution < -0.4 is 5.73 Å². The maximum Gasteiger partial charge on any atom is 0.227 e.